The van der Waals surface area contributed by atoms with E-state index in [2.05, 4.69) is 78.7 Å². The minimum absolute atomic E-state index is 0.00210. The van der Waals surface area contributed by atoms with Crippen molar-refractivity contribution >= 4 is 62.4 Å². The second kappa shape index (κ2) is 14.3. The lowest BCUT2D eigenvalue weighted by molar-refractivity contribution is -0.136. The predicted molar refractivity (Wildman–Crippen MR) is 214 cm³/mol. The van der Waals surface area contributed by atoms with Gasteiger partial charge in [0, 0.05) is 54.2 Å². The number of ether oxygens (including phenoxy) is 1. The van der Waals surface area contributed by atoms with E-state index in [0.717, 1.165) is 94.4 Å². The van der Waals surface area contributed by atoms with E-state index in [4.69, 9.17) is 19.7 Å². The number of nitrogens with one attached hydrogen (secondary N) is 1. The zero-order valence-corrected chi connectivity index (χ0v) is 32.2. The lowest BCUT2D eigenvalue weighted by atomic mass is 9.95. The molecule has 0 bridgehead atoms. The summed E-state index contributed by atoms with van der Waals surface area (Å²) in [5.41, 5.74) is 9.33. The third-order valence-electron chi connectivity index (χ3n) is 12.2. The summed E-state index contributed by atoms with van der Waals surface area (Å²) in [4.78, 5) is 58.4. The van der Waals surface area contributed by atoms with Gasteiger partial charge in [-0.05, 0) is 89.8 Å². The Morgan fingerprint density at radius 1 is 0.741 bits per heavy atom. The van der Waals surface area contributed by atoms with Crippen LogP contribution in [0.15, 0.2) is 64.6 Å². The first kappa shape index (κ1) is 35.9. The van der Waals surface area contributed by atoms with Crippen LogP contribution < -0.4 is 5.32 Å². The van der Waals surface area contributed by atoms with E-state index < -0.39 is 12.1 Å². The lowest BCUT2D eigenvalue weighted by Gasteiger charge is -2.30. The minimum Gasteiger partial charge on any atom is -0.453 e. The van der Waals surface area contributed by atoms with Crippen molar-refractivity contribution in [3.8, 4) is 11.3 Å². The first-order valence-electron chi connectivity index (χ1n) is 19.6. The number of benzene rings is 3. The van der Waals surface area contributed by atoms with Gasteiger partial charge in [0.2, 0.25) is 11.8 Å². The Hall–Kier alpha value is -5.12. The molecule has 5 heterocycles. The van der Waals surface area contributed by atoms with Crippen LogP contribution in [0.2, 0.25) is 0 Å². The van der Waals surface area contributed by atoms with E-state index in [-0.39, 0.29) is 35.7 Å². The Morgan fingerprint density at radius 3 is 1.98 bits per heavy atom. The van der Waals surface area contributed by atoms with Crippen LogP contribution in [0.4, 0.5) is 16.2 Å². The maximum absolute atomic E-state index is 13.7. The lowest BCUT2D eigenvalue weighted by Crippen LogP contribution is -2.53. The molecule has 3 aromatic carbocycles. The van der Waals surface area contributed by atoms with Crippen LogP contribution in [0.5, 0.6) is 0 Å². The molecule has 2 saturated heterocycles. The third-order valence-corrected chi connectivity index (χ3v) is 12.2. The van der Waals surface area contributed by atoms with Crippen molar-refractivity contribution in [2.75, 3.05) is 20.2 Å². The Kier molecular flexibility index (Phi) is 9.48. The molecule has 3 amide bonds. The summed E-state index contributed by atoms with van der Waals surface area (Å²) in [7, 11) is 1.31. The molecule has 0 aliphatic carbocycles. The van der Waals surface area contributed by atoms with Crippen molar-refractivity contribution in [2.45, 2.75) is 91.3 Å². The highest BCUT2D eigenvalue weighted by Gasteiger charge is 2.40. The number of fused-ring (bicyclic) bond motifs is 6. The predicted octanol–water partition coefficient (Wildman–Crippen LogP) is 7.97. The molecule has 1 aromatic heterocycles. The highest BCUT2D eigenvalue weighted by Crippen LogP contribution is 2.40. The molecule has 280 valence electrons. The number of carbonyl (C=O) groups is 3. The summed E-state index contributed by atoms with van der Waals surface area (Å²) >= 11 is 0. The molecular formula is C44H50N6O4. The molecular weight excluding hydrogens is 677 g/mol. The largest absolute Gasteiger partial charge is 0.453 e. The number of likely N-dealkylation sites (tertiary alicyclic amines) is 2. The molecule has 4 aromatic rings. The van der Waals surface area contributed by atoms with Gasteiger partial charge in [-0.2, -0.15) is 0 Å². The standard InChI is InChI=1S/C44H50N6O4/c1-24(2)26(5)42(51)49-19-7-9-39(49)38-23-32-30-14-16-33(45-34(30)17-18-36(32)47-38)28-11-13-29-27(21-28)12-15-35-31(29)22-37(46-35)40-10-8-20-50(40)43(52)41(25(3)4)48-44(53)54-6/h11-18,21,24-26,39-41H,7-10,19-20,22-23H2,1-6H3,(H,48,53)/t26-,39-,40-,41-/m0/s1. The number of aliphatic imine (C=N–C) groups is 2. The molecule has 2 fully saturated rings. The summed E-state index contributed by atoms with van der Waals surface area (Å²) in [6, 6.07) is 18.5. The fourth-order valence-corrected chi connectivity index (χ4v) is 8.85. The molecule has 8 rings (SSSR count). The Morgan fingerprint density at radius 2 is 1.35 bits per heavy atom. The van der Waals surface area contributed by atoms with Crippen molar-refractivity contribution in [3.05, 3.63) is 65.7 Å². The number of amides is 3. The number of rotatable bonds is 8. The first-order chi connectivity index (χ1) is 26.0. The van der Waals surface area contributed by atoms with Crippen molar-refractivity contribution < 1.29 is 19.1 Å². The molecule has 0 unspecified atom stereocenters. The zero-order valence-electron chi connectivity index (χ0n) is 32.2. The monoisotopic (exact) mass is 726 g/mol. The van der Waals surface area contributed by atoms with Gasteiger partial charge in [0.15, 0.2) is 0 Å². The summed E-state index contributed by atoms with van der Waals surface area (Å²) in [5.74, 6) is 0.389. The van der Waals surface area contributed by atoms with Crippen LogP contribution in [0, 0.1) is 17.8 Å². The van der Waals surface area contributed by atoms with E-state index in [1.54, 1.807) is 0 Å². The second-order valence-corrected chi connectivity index (χ2v) is 16.2. The molecule has 4 atom stereocenters. The molecule has 10 heteroatoms. The fraction of sp³-hybridized carbons (Fsp3) is 0.455. The average Bonchev–Trinajstić information content (AvgIpc) is 4.00. The number of methoxy groups -OCH3 is 1. The van der Waals surface area contributed by atoms with Gasteiger partial charge in [-0.3, -0.25) is 19.6 Å². The normalized spacial score (nSPS) is 20.4. The van der Waals surface area contributed by atoms with Crippen LogP contribution >= 0.6 is 0 Å². The third kappa shape index (κ3) is 6.33. The highest BCUT2D eigenvalue weighted by molar-refractivity contribution is 6.07. The molecule has 1 N–H and O–H groups in total. The van der Waals surface area contributed by atoms with Crippen molar-refractivity contribution in [3.63, 3.8) is 0 Å². The number of hydrogen-bond donors (Lipinski definition) is 1. The number of carbonyl (C=O) groups excluding carboxylic acids is 3. The van der Waals surface area contributed by atoms with Gasteiger partial charge in [0.1, 0.15) is 6.04 Å². The van der Waals surface area contributed by atoms with Gasteiger partial charge in [-0.15, -0.1) is 0 Å². The molecule has 54 heavy (non-hydrogen) atoms. The SMILES string of the molecule is COC(=O)N[C@H](C(=O)N1CCC[C@H]1C1=Nc2ccc3cc(-c4ccc5c6c(ccc5n4)N=C([C@@H]4CCCN4C(=O)[C@@H](C)C(C)C)C6)ccc3c2C1)C(C)C. The molecule has 10 nitrogen and oxygen atoms in total. The van der Waals surface area contributed by atoms with E-state index >= 15 is 0 Å². The number of hydrogen-bond acceptors (Lipinski definition) is 7. The molecule has 0 radical (unpaired) electrons. The number of nitrogens with zero attached hydrogens (tertiary/aromatic N) is 5. The van der Waals surface area contributed by atoms with Gasteiger partial charge < -0.3 is 19.9 Å². The second-order valence-electron chi connectivity index (χ2n) is 16.2. The van der Waals surface area contributed by atoms with E-state index in [1.165, 1.54) is 18.2 Å². The summed E-state index contributed by atoms with van der Waals surface area (Å²) in [6.07, 6.45) is 4.56. The number of alkyl carbamates (subject to hydrolysis) is 1. The number of pyridine rings is 1. The van der Waals surface area contributed by atoms with Gasteiger partial charge in [-0.25, -0.2) is 9.78 Å². The van der Waals surface area contributed by atoms with E-state index in [0.29, 0.717) is 18.9 Å². The summed E-state index contributed by atoms with van der Waals surface area (Å²) in [6.45, 7) is 11.6. The quantitative estimate of drug-likeness (QED) is 0.198. The zero-order chi connectivity index (χ0) is 37.8. The average molecular weight is 727 g/mol. The Bertz CT molecular complexity index is 2240. The topological polar surface area (TPSA) is 117 Å². The van der Waals surface area contributed by atoms with Gasteiger partial charge in [0.25, 0.3) is 0 Å². The van der Waals surface area contributed by atoms with Crippen molar-refractivity contribution in [2.24, 2.45) is 27.7 Å². The maximum Gasteiger partial charge on any atom is 0.407 e. The number of aromatic nitrogens is 1. The Balaban J connectivity index is 0.997. The van der Waals surface area contributed by atoms with Crippen molar-refractivity contribution in [1.82, 2.24) is 20.1 Å². The smallest absolute Gasteiger partial charge is 0.407 e. The minimum atomic E-state index is -0.657. The highest BCUT2D eigenvalue weighted by atomic mass is 16.5. The van der Waals surface area contributed by atoms with Gasteiger partial charge in [-0.1, -0.05) is 58.9 Å². The summed E-state index contributed by atoms with van der Waals surface area (Å²) < 4.78 is 4.80. The molecule has 0 saturated carbocycles. The fourth-order valence-electron chi connectivity index (χ4n) is 8.85. The van der Waals surface area contributed by atoms with E-state index in [9.17, 15) is 14.4 Å². The van der Waals surface area contributed by atoms with Crippen molar-refractivity contribution in [1.29, 1.82) is 0 Å². The van der Waals surface area contributed by atoms with Gasteiger partial charge in [0.05, 0.1) is 41.8 Å². The van der Waals surface area contributed by atoms with Crippen LogP contribution in [0.3, 0.4) is 0 Å². The van der Waals surface area contributed by atoms with Gasteiger partial charge >= 0.3 is 6.09 Å². The molecule has 4 aliphatic rings. The van der Waals surface area contributed by atoms with Crippen LogP contribution in [-0.2, 0) is 27.2 Å². The maximum atomic E-state index is 13.7. The Labute approximate surface area is 317 Å². The van der Waals surface area contributed by atoms with E-state index in [1.807, 2.05) is 25.7 Å². The first-order valence-corrected chi connectivity index (χ1v) is 19.6. The molecule has 4 aliphatic heterocycles. The van der Waals surface area contributed by atoms with Crippen LogP contribution in [-0.4, -0.2) is 82.4 Å². The summed E-state index contributed by atoms with van der Waals surface area (Å²) in [5, 5.41) is 6.14. The molecule has 0 spiro atoms. The van der Waals surface area contributed by atoms with Crippen LogP contribution in [0.1, 0.15) is 71.4 Å². The van der Waals surface area contributed by atoms with Crippen LogP contribution in [0.25, 0.3) is 32.9 Å².